The first-order valence-electron chi connectivity index (χ1n) is 10.6. The van der Waals surface area contributed by atoms with Crippen LogP contribution in [0.3, 0.4) is 0 Å². The number of aliphatic carboxylic acids is 1. The van der Waals surface area contributed by atoms with Gasteiger partial charge in [-0.2, -0.15) is 13.2 Å². The van der Waals surface area contributed by atoms with E-state index in [0.717, 1.165) is 11.6 Å². The SMILES string of the molecule is Cn1nnnc1[C@@H](CC(=O)O)c1ccc(OCc2cc(-c3ccccc3)ccc2C(F)(F)F)cc1. The first kappa shape index (κ1) is 23.9. The van der Waals surface area contributed by atoms with Gasteiger partial charge in [0.05, 0.1) is 17.9 Å². The van der Waals surface area contributed by atoms with Gasteiger partial charge in [-0.1, -0.05) is 48.5 Å². The maximum absolute atomic E-state index is 13.6. The van der Waals surface area contributed by atoms with Crippen molar-refractivity contribution in [3.63, 3.8) is 0 Å². The number of halogens is 3. The number of carboxylic acids is 1. The second-order valence-corrected chi connectivity index (χ2v) is 7.90. The Labute approximate surface area is 198 Å². The first-order chi connectivity index (χ1) is 16.7. The van der Waals surface area contributed by atoms with Crippen LogP contribution in [0, 0.1) is 0 Å². The Morgan fingerprint density at radius 3 is 2.34 bits per heavy atom. The molecule has 0 saturated heterocycles. The molecule has 0 aliphatic carbocycles. The summed E-state index contributed by atoms with van der Waals surface area (Å²) in [5, 5.41) is 20.5. The molecule has 1 atom stereocenters. The van der Waals surface area contributed by atoms with Crippen molar-refractivity contribution in [1.82, 2.24) is 20.2 Å². The van der Waals surface area contributed by atoms with Crippen molar-refractivity contribution in [1.29, 1.82) is 0 Å². The van der Waals surface area contributed by atoms with Gasteiger partial charge in [0.15, 0.2) is 5.82 Å². The Balaban J connectivity index is 1.56. The van der Waals surface area contributed by atoms with Gasteiger partial charge in [0, 0.05) is 12.6 Å². The Morgan fingerprint density at radius 1 is 1.03 bits per heavy atom. The number of rotatable bonds is 8. The van der Waals surface area contributed by atoms with Gasteiger partial charge in [0.1, 0.15) is 12.4 Å². The normalized spacial score (nSPS) is 12.3. The van der Waals surface area contributed by atoms with Crippen molar-refractivity contribution in [2.75, 3.05) is 0 Å². The van der Waals surface area contributed by atoms with Crippen LogP contribution in [0.4, 0.5) is 13.2 Å². The molecule has 1 aromatic heterocycles. The Morgan fingerprint density at radius 2 is 1.74 bits per heavy atom. The summed E-state index contributed by atoms with van der Waals surface area (Å²) in [5.41, 5.74) is 1.34. The van der Waals surface area contributed by atoms with Crippen molar-refractivity contribution < 1.29 is 27.8 Å². The van der Waals surface area contributed by atoms with Crippen LogP contribution in [0.2, 0.25) is 0 Å². The molecule has 4 aromatic rings. The summed E-state index contributed by atoms with van der Waals surface area (Å²) in [5.74, 6) is -0.886. The third kappa shape index (κ3) is 5.65. The Bertz CT molecular complexity index is 1310. The van der Waals surface area contributed by atoms with E-state index in [2.05, 4.69) is 15.5 Å². The molecule has 0 spiro atoms. The monoisotopic (exact) mass is 482 g/mol. The van der Waals surface area contributed by atoms with Crippen LogP contribution in [0.25, 0.3) is 11.1 Å². The summed E-state index contributed by atoms with van der Waals surface area (Å²) in [6.07, 6.45) is -4.75. The molecular weight excluding hydrogens is 461 g/mol. The van der Waals surface area contributed by atoms with E-state index in [1.165, 1.54) is 16.8 Å². The van der Waals surface area contributed by atoms with Gasteiger partial charge in [0.25, 0.3) is 0 Å². The Hall–Kier alpha value is -4.21. The number of ether oxygens (including phenoxy) is 1. The molecule has 0 saturated carbocycles. The zero-order chi connectivity index (χ0) is 25.0. The highest BCUT2D eigenvalue weighted by Gasteiger charge is 2.33. The van der Waals surface area contributed by atoms with E-state index in [-0.39, 0.29) is 18.6 Å². The highest BCUT2D eigenvalue weighted by atomic mass is 19.4. The van der Waals surface area contributed by atoms with E-state index in [9.17, 15) is 23.1 Å². The van der Waals surface area contributed by atoms with Crippen molar-refractivity contribution in [3.05, 3.63) is 95.3 Å². The number of nitrogens with zero attached hydrogens (tertiary/aromatic N) is 4. The second kappa shape index (κ2) is 9.96. The van der Waals surface area contributed by atoms with Crippen molar-refractivity contribution in [3.8, 4) is 16.9 Å². The minimum absolute atomic E-state index is 0.0110. The maximum Gasteiger partial charge on any atom is 0.416 e. The van der Waals surface area contributed by atoms with Crippen LogP contribution in [-0.4, -0.2) is 31.3 Å². The fraction of sp³-hybridized carbons (Fsp3) is 0.200. The van der Waals surface area contributed by atoms with Gasteiger partial charge >= 0.3 is 12.1 Å². The molecule has 0 radical (unpaired) electrons. The van der Waals surface area contributed by atoms with Gasteiger partial charge in [-0.25, -0.2) is 4.68 Å². The number of carboxylic acid groups (broad SMARTS) is 1. The molecule has 35 heavy (non-hydrogen) atoms. The molecule has 0 aliphatic heterocycles. The number of carbonyl (C=O) groups is 1. The number of alkyl halides is 3. The third-order valence-corrected chi connectivity index (χ3v) is 5.54. The highest BCUT2D eigenvalue weighted by Crippen LogP contribution is 2.35. The second-order valence-electron chi connectivity index (χ2n) is 7.90. The van der Waals surface area contributed by atoms with Gasteiger partial charge in [-0.05, 0) is 51.4 Å². The van der Waals surface area contributed by atoms with Crippen LogP contribution in [-0.2, 0) is 24.6 Å². The van der Waals surface area contributed by atoms with Gasteiger partial charge in [-0.15, -0.1) is 5.10 Å². The average Bonchev–Trinajstić information content (AvgIpc) is 3.27. The van der Waals surface area contributed by atoms with Crippen molar-refractivity contribution >= 4 is 5.97 Å². The summed E-state index contributed by atoms with van der Waals surface area (Å²) in [4.78, 5) is 11.4. The molecule has 0 aliphatic rings. The van der Waals surface area contributed by atoms with E-state index < -0.39 is 23.6 Å². The van der Waals surface area contributed by atoms with Gasteiger partial charge < -0.3 is 9.84 Å². The number of hydrogen-bond donors (Lipinski definition) is 1. The molecular formula is C25H21F3N4O3. The van der Waals surface area contributed by atoms with E-state index in [0.29, 0.717) is 22.7 Å². The van der Waals surface area contributed by atoms with Crippen LogP contribution in [0.1, 0.15) is 34.9 Å². The van der Waals surface area contributed by atoms with Gasteiger partial charge in [0.2, 0.25) is 0 Å². The van der Waals surface area contributed by atoms with E-state index in [1.807, 2.05) is 30.3 Å². The molecule has 0 bridgehead atoms. The number of aromatic nitrogens is 4. The average molecular weight is 482 g/mol. The van der Waals surface area contributed by atoms with E-state index >= 15 is 0 Å². The molecule has 7 nitrogen and oxygen atoms in total. The minimum Gasteiger partial charge on any atom is -0.489 e. The standard InChI is InChI=1S/C25H21F3N4O3/c1-32-24(29-30-31-32)21(14-23(33)34)17-7-10-20(11-8-17)35-15-19-13-18(16-5-3-2-4-6-16)9-12-22(19)25(26,27)28/h2-13,21H,14-15H2,1H3,(H,33,34)/t21-/m0/s1. The number of aryl methyl sites for hydroxylation is 1. The highest BCUT2D eigenvalue weighted by molar-refractivity contribution is 5.68. The molecule has 180 valence electrons. The molecule has 0 amide bonds. The fourth-order valence-electron chi connectivity index (χ4n) is 3.82. The molecule has 0 unspecified atom stereocenters. The molecule has 0 fully saturated rings. The van der Waals surface area contributed by atoms with Crippen LogP contribution in [0.15, 0.2) is 72.8 Å². The summed E-state index contributed by atoms with van der Waals surface area (Å²) < 4.78 is 47.9. The minimum atomic E-state index is -4.52. The van der Waals surface area contributed by atoms with Crippen molar-refractivity contribution in [2.45, 2.75) is 25.1 Å². The predicted molar refractivity (Wildman–Crippen MR) is 121 cm³/mol. The maximum atomic E-state index is 13.6. The van der Waals surface area contributed by atoms with Gasteiger partial charge in [-0.3, -0.25) is 4.79 Å². The third-order valence-electron chi connectivity index (χ3n) is 5.54. The summed E-state index contributed by atoms with van der Waals surface area (Å²) >= 11 is 0. The first-order valence-corrected chi connectivity index (χ1v) is 10.6. The zero-order valence-electron chi connectivity index (χ0n) is 18.6. The number of hydrogen-bond acceptors (Lipinski definition) is 5. The predicted octanol–water partition coefficient (Wildman–Crippen LogP) is 5.08. The number of benzene rings is 3. The lowest BCUT2D eigenvalue weighted by atomic mass is 9.95. The molecule has 10 heteroatoms. The lowest BCUT2D eigenvalue weighted by Gasteiger charge is -2.17. The zero-order valence-corrected chi connectivity index (χ0v) is 18.6. The van der Waals surface area contributed by atoms with Crippen LogP contribution in [0.5, 0.6) is 5.75 Å². The summed E-state index contributed by atoms with van der Waals surface area (Å²) in [7, 11) is 1.61. The lowest BCUT2D eigenvalue weighted by molar-refractivity contribution is -0.139. The van der Waals surface area contributed by atoms with Crippen LogP contribution >= 0.6 is 0 Å². The fourth-order valence-corrected chi connectivity index (χ4v) is 3.82. The topological polar surface area (TPSA) is 90.1 Å². The Kier molecular flexibility index (Phi) is 6.81. The summed E-state index contributed by atoms with van der Waals surface area (Å²) in [6, 6.07) is 19.6. The largest absolute Gasteiger partial charge is 0.489 e. The smallest absolute Gasteiger partial charge is 0.416 e. The van der Waals surface area contributed by atoms with Crippen molar-refractivity contribution in [2.24, 2.45) is 7.05 Å². The quantitative estimate of drug-likeness (QED) is 0.377. The lowest BCUT2D eigenvalue weighted by Crippen LogP contribution is -2.13. The van der Waals surface area contributed by atoms with E-state index in [1.54, 1.807) is 31.3 Å². The molecule has 1 heterocycles. The van der Waals surface area contributed by atoms with E-state index in [4.69, 9.17) is 4.74 Å². The molecule has 4 rings (SSSR count). The van der Waals surface area contributed by atoms with Crippen LogP contribution < -0.4 is 4.74 Å². The molecule has 3 aromatic carbocycles. The molecule has 1 N–H and O–H groups in total. The number of tetrazole rings is 1. The summed E-state index contributed by atoms with van der Waals surface area (Å²) in [6.45, 7) is -0.291.